The van der Waals surface area contributed by atoms with E-state index in [0.29, 0.717) is 13.6 Å². The molecular formula is C28H30IN5O8S. The molecule has 0 saturated carbocycles. The van der Waals surface area contributed by atoms with Crippen molar-refractivity contribution >= 4 is 50.1 Å². The lowest BCUT2D eigenvalue weighted by molar-refractivity contribution is -0.138. The number of β-amino-alcohol motifs (C(OH)–C–C–N with tert-alkyl or cyclic N) is 1. The smallest absolute Gasteiger partial charge is 0.274 e. The Morgan fingerprint density at radius 1 is 1.07 bits per heavy atom. The van der Waals surface area contributed by atoms with Crippen LogP contribution >= 0.6 is 22.6 Å². The highest BCUT2D eigenvalue weighted by molar-refractivity contribution is 14.1. The Labute approximate surface area is 262 Å². The number of sulfonamides is 1. The predicted octanol–water partition coefficient (Wildman–Crippen LogP) is 1.61. The van der Waals surface area contributed by atoms with E-state index in [0.717, 1.165) is 0 Å². The first-order valence-corrected chi connectivity index (χ1v) is 15.6. The normalized spacial score (nSPS) is 21.9. The summed E-state index contributed by atoms with van der Waals surface area (Å²) in [6.07, 6.45) is 1.75. The summed E-state index contributed by atoms with van der Waals surface area (Å²) in [6.45, 7) is -0.139. The lowest BCUT2D eigenvalue weighted by atomic mass is 9.84. The van der Waals surface area contributed by atoms with E-state index in [4.69, 9.17) is 14.2 Å². The van der Waals surface area contributed by atoms with E-state index in [1.165, 1.54) is 67.8 Å². The molecule has 13 nitrogen and oxygen atoms in total. The molecule has 15 heteroatoms. The maximum atomic E-state index is 15.1. The van der Waals surface area contributed by atoms with E-state index < -0.39 is 33.6 Å². The molecule has 1 saturated heterocycles. The van der Waals surface area contributed by atoms with Gasteiger partial charge >= 0.3 is 0 Å². The van der Waals surface area contributed by atoms with Gasteiger partial charge in [0, 0.05) is 48.2 Å². The molecule has 1 unspecified atom stereocenters. The molecule has 1 fully saturated rings. The Kier molecular flexibility index (Phi) is 8.28. The van der Waals surface area contributed by atoms with Gasteiger partial charge in [0.05, 0.1) is 39.2 Å². The topological polar surface area (TPSA) is 152 Å². The number of aromatic nitrogens is 2. The number of likely N-dealkylation sites (tertiary alicyclic amines) is 1. The molecule has 0 aliphatic carbocycles. The van der Waals surface area contributed by atoms with E-state index in [-0.39, 0.29) is 52.3 Å². The van der Waals surface area contributed by atoms with Gasteiger partial charge in [0.15, 0.2) is 5.54 Å². The standard InChI is InChI=1S/C28H30IN5O8S/c1-32(2)26(36)21-13-17(35)15-33(21)28(24-25(42-5)31-11-10-30-24)19-12-16(29)6-8-20(19)34(27(28)37)43(38,39)23-9-7-18(40-3)14-22(23)41-4/h6-12,14,17,21,35H,13,15H2,1-5H3/t17-,21+,28?/m1/s1. The molecule has 3 heterocycles. The number of rotatable bonds is 8. The molecule has 2 aliphatic heterocycles. The summed E-state index contributed by atoms with van der Waals surface area (Å²) < 4.78 is 46.6. The summed E-state index contributed by atoms with van der Waals surface area (Å²) in [4.78, 5) is 40.1. The zero-order valence-corrected chi connectivity index (χ0v) is 27.0. The number of methoxy groups -OCH3 is 3. The number of ether oxygens (including phenoxy) is 3. The number of aliphatic hydroxyl groups excluding tert-OH is 1. The van der Waals surface area contributed by atoms with Gasteiger partial charge in [-0.05, 0) is 59.3 Å². The van der Waals surface area contributed by atoms with Crippen molar-refractivity contribution in [1.29, 1.82) is 0 Å². The fourth-order valence-corrected chi connectivity index (χ4v) is 7.85. The Balaban J connectivity index is 1.86. The molecule has 2 aliphatic rings. The second-order valence-electron chi connectivity index (χ2n) is 10.2. The molecule has 2 aromatic carbocycles. The van der Waals surface area contributed by atoms with Crippen LogP contribution in [0.1, 0.15) is 17.7 Å². The molecule has 43 heavy (non-hydrogen) atoms. The van der Waals surface area contributed by atoms with E-state index in [9.17, 15) is 18.3 Å². The molecular weight excluding hydrogens is 693 g/mol. The van der Waals surface area contributed by atoms with Crippen molar-refractivity contribution in [2.75, 3.05) is 46.3 Å². The third-order valence-electron chi connectivity index (χ3n) is 7.59. The van der Waals surface area contributed by atoms with Crippen molar-refractivity contribution in [2.24, 2.45) is 0 Å². The Morgan fingerprint density at radius 3 is 2.44 bits per heavy atom. The van der Waals surface area contributed by atoms with Gasteiger partial charge in [-0.1, -0.05) is 0 Å². The first-order valence-electron chi connectivity index (χ1n) is 13.1. The van der Waals surface area contributed by atoms with Gasteiger partial charge in [0.1, 0.15) is 22.1 Å². The number of aliphatic hydroxyl groups is 1. The Bertz CT molecular complexity index is 1700. The molecule has 3 aromatic rings. The number of anilines is 1. The summed E-state index contributed by atoms with van der Waals surface area (Å²) in [5, 5.41) is 10.9. The van der Waals surface area contributed by atoms with Gasteiger partial charge in [-0.2, -0.15) is 0 Å². The number of likely N-dealkylation sites (N-methyl/N-ethyl adjacent to an activating group) is 1. The van der Waals surface area contributed by atoms with Gasteiger partial charge in [-0.25, -0.2) is 17.7 Å². The predicted molar refractivity (Wildman–Crippen MR) is 163 cm³/mol. The number of amides is 2. The lowest BCUT2D eigenvalue weighted by Gasteiger charge is -2.40. The number of fused-ring (bicyclic) bond motifs is 1. The van der Waals surface area contributed by atoms with Crippen LogP contribution in [0.5, 0.6) is 17.4 Å². The maximum absolute atomic E-state index is 15.1. The molecule has 0 radical (unpaired) electrons. The summed E-state index contributed by atoms with van der Waals surface area (Å²) in [6, 6.07) is 8.02. The Hall–Kier alpha value is -3.54. The first-order chi connectivity index (χ1) is 20.4. The van der Waals surface area contributed by atoms with Crippen LogP contribution in [0.2, 0.25) is 0 Å². The summed E-state index contributed by atoms with van der Waals surface area (Å²) in [7, 11) is 2.59. The van der Waals surface area contributed by atoms with E-state index in [1.807, 2.05) is 0 Å². The van der Waals surface area contributed by atoms with E-state index >= 15 is 4.79 Å². The lowest BCUT2D eigenvalue weighted by Crippen LogP contribution is -2.59. The Morgan fingerprint density at radius 2 is 1.79 bits per heavy atom. The van der Waals surface area contributed by atoms with E-state index in [2.05, 4.69) is 32.6 Å². The average molecular weight is 724 g/mol. The van der Waals surface area contributed by atoms with Crippen molar-refractivity contribution in [3.05, 3.63) is 63.6 Å². The fraction of sp³-hybridized carbons (Fsp3) is 0.357. The second kappa shape index (κ2) is 11.5. The van der Waals surface area contributed by atoms with Gasteiger partial charge in [0.25, 0.3) is 15.9 Å². The molecule has 0 spiro atoms. The second-order valence-corrected chi connectivity index (χ2v) is 13.2. The molecule has 1 N–H and O–H groups in total. The number of benzene rings is 2. The first kappa shape index (κ1) is 30.9. The zero-order valence-electron chi connectivity index (χ0n) is 24.0. The summed E-state index contributed by atoms with van der Waals surface area (Å²) >= 11 is 2.07. The third kappa shape index (κ3) is 4.78. The molecule has 3 atom stereocenters. The average Bonchev–Trinajstić information content (AvgIpc) is 3.50. The van der Waals surface area contributed by atoms with Crippen LogP contribution in [0.15, 0.2) is 53.7 Å². The molecule has 0 bridgehead atoms. The number of hydrogen-bond acceptors (Lipinski definition) is 11. The van der Waals surface area contributed by atoms with Gasteiger partial charge < -0.3 is 24.2 Å². The quantitative estimate of drug-likeness (QED) is 0.338. The highest BCUT2D eigenvalue weighted by Crippen LogP contribution is 2.54. The van der Waals surface area contributed by atoms with Crippen molar-refractivity contribution in [1.82, 2.24) is 19.8 Å². The van der Waals surface area contributed by atoms with Gasteiger partial charge in [-0.3, -0.25) is 19.5 Å². The minimum Gasteiger partial charge on any atom is -0.497 e. The van der Waals surface area contributed by atoms with Crippen molar-refractivity contribution in [3.8, 4) is 17.4 Å². The number of halogens is 1. The summed E-state index contributed by atoms with van der Waals surface area (Å²) in [5.41, 5.74) is -1.76. The van der Waals surface area contributed by atoms with Crippen LogP contribution in [-0.4, -0.2) is 99.2 Å². The SMILES string of the molecule is COc1ccc(S(=O)(=O)N2C(=O)C(c3nccnc3OC)(N3C[C@H](O)C[C@H]3C(=O)N(C)C)c3cc(I)ccc32)c(OC)c1. The van der Waals surface area contributed by atoms with Crippen molar-refractivity contribution < 1.29 is 37.3 Å². The van der Waals surface area contributed by atoms with Crippen LogP contribution in [0, 0.1) is 3.57 Å². The highest BCUT2D eigenvalue weighted by atomic mass is 127. The van der Waals surface area contributed by atoms with Crippen LogP contribution in [0.25, 0.3) is 0 Å². The minimum atomic E-state index is -4.65. The molecule has 2 amide bonds. The number of carbonyl (C=O) groups is 2. The molecule has 228 valence electrons. The summed E-state index contributed by atoms with van der Waals surface area (Å²) in [5.74, 6) is -1.04. The van der Waals surface area contributed by atoms with Crippen molar-refractivity contribution in [2.45, 2.75) is 29.0 Å². The highest BCUT2D eigenvalue weighted by Gasteiger charge is 2.65. The number of nitrogens with zero attached hydrogens (tertiary/aromatic N) is 5. The van der Waals surface area contributed by atoms with Crippen LogP contribution in [-0.2, 0) is 25.2 Å². The van der Waals surface area contributed by atoms with Gasteiger partial charge in [-0.15, -0.1) is 0 Å². The van der Waals surface area contributed by atoms with Crippen molar-refractivity contribution in [3.63, 3.8) is 0 Å². The number of carbonyl (C=O) groups excluding carboxylic acids is 2. The van der Waals surface area contributed by atoms with E-state index in [1.54, 1.807) is 26.2 Å². The van der Waals surface area contributed by atoms with Gasteiger partial charge in [0.2, 0.25) is 11.8 Å². The largest absolute Gasteiger partial charge is 0.497 e. The molecule has 5 rings (SSSR count). The molecule has 1 aromatic heterocycles. The van der Waals surface area contributed by atoms with Crippen LogP contribution < -0.4 is 18.5 Å². The number of hydrogen-bond donors (Lipinski definition) is 1. The minimum absolute atomic E-state index is 0.00688. The monoisotopic (exact) mass is 723 g/mol. The maximum Gasteiger partial charge on any atom is 0.274 e. The van der Waals surface area contributed by atoms with Crippen LogP contribution in [0.4, 0.5) is 5.69 Å². The van der Waals surface area contributed by atoms with Crippen LogP contribution in [0.3, 0.4) is 0 Å². The fourth-order valence-electron chi connectivity index (χ4n) is 5.75. The zero-order chi connectivity index (χ0) is 31.3. The third-order valence-corrected chi connectivity index (χ3v) is 9.99.